The predicted molar refractivity (Wildman–Crippen MR) is 79.5 cm³/mol. The number of nitrogens with one attached hydrogen (secondary N) is 2. The Balaban J connectivity index is 2.15. The van der Waals surface area contributed by atoms with Crippen LogP contribution in [0.1, 0.15) is 32.4 Å². The van der Waals surface area contributed by atoms with E-state index >= 15 is 0 Å². The van der Waals surface area contributed by atoms with Gasteiger partial charge in [0, 0.05) is 6.04 Å². The molecule has 0 fully saturated rings. The lowest BCUT2D eigenvalue weighted by Crippen LogP contribution is -2.27. The molecule has 0 aliphatic rings. The average Bonchev–Trinajstić information content (AvgIpc) is 2.92. The molecule has 21 heavy (non-hydrogen) atoms. The number of hydrogen-bond acceptors (Lipinski definition) is 4. The Morgan fingerprint density at radius 1 is 1.29 bits per heavy atom. The van der Waals surface area contributed by atoms with Crippen LogP contribution in [0.15, 0.2) is 41.8 Å². The summed E-state index contributed by atoms with van der Waals surface area (Å²) in [5.74, 6) is 0.718. The normalized spacial score (nSPS) is 13.3. The van der Waals surface area contributed by atoms with E-state index in [0.29, 0.717) is 0 Å². The molecule has 0 aliphatic carbocycles. The smallest absolute Gasteiger partial charge is 0.258 e. The number of aromatic nitrogens is 2. The molecule has 7 heteroatoms. The molecule has 1 heterocycles. The second-order valence-corrected chi connectivity index (χ2v) is 6.68. The van der Waals surface area contributed by atoms with E-state index in [-0.39, 0.29) is 17.2 Å². The molecule has 2 rings (SSSR count). The molecule has 6 nitrogen and oxygen atoms in total. The minimum Gasteiger partial charge on any atom is -0.491 e. The third-order valence-corrected chi connectivity index (χ3v) is 4.29. The molecule has 0 radical (unpaired) electrons. The van der Waals surface area contributed by atoms with Crippen molar-refractivity contribution in [1.29, 1.82) is 0 Å². The van der Waals surface area contributed by atoms with Crippen LogP contribution in [-0.4, -0.2) is 24.5 Å². The number of sulfonamides is 1. The van der Waals surface area contributed by atoms with Crippen molar-refractivity contribution >= 4 is 10.0 Å². The van der Waals surface area contributed by atoms with Crippen LogP contribution in [0.4, 0.5) is 0 Å². The first kappa shape index (κ1) is 15.5. The Morgan fingerprint density at radius 2 is 2.05 bits per heavy atom. The van der Waals surface area contributed by atoms with E-state index < -0.39 is 10.0 Å². The monoisotopic (exact) mass is 309 g/mol. The fraction of sp³-hybridized carbons (Fsp3) is 0.357. The zero-order valence-corrected chi connectivity index (χ0v) is 13.0. The Kier molecular flexibility index (Phi) is 4.64. The number of benzene rings is 1. The first-order chi connectivity index (χ1) is 9.88. The van der Waals surface area contributed by atoms with Gasteiger partial charge in [0.2, 0.25) is 0 Å². The third kappa shape index (κ3) is 4.05. The van der Waals surface area contributed by atoms with Crippen molar-refractivity contribution < 1.29 is 13.2 Å². The number of H-pyrrole nitrogens is 1. The maximum atomic E-state index is 12.1. The molecule has 1 atom stereocenters. The summed E-state index contributed by atoms with van der Waals surface area (Å²) in [7, 11) is -3.61. The van der Waals surface area contributed by atoms with Gasteiger partial charge in [0.05, 0.1) is 18.6 Å². The van der Waals surface area contributed by atoms with Gasteiger partial charge in [-0.1, -0.05) is 12.1 Å². The van der Waals surface area contributed by atoms with Gasteiger partial charge in [-0.3, -0.25) is 0 Å². The van der Waals surface area contributed by atoms with Crippen molar-refractivity contribution in [2.75, 3.05) is 0 Å². The zero-order valence-electron chi connectivity index (χ0n) is 12.2. The molecule has 1 aromatic heterocycles. The van der Waals surface area contributed by atoms with Crippen LogP contribution in [0, 0.1) is 0 Å². The van der Waals surface area contributed by atoms with Crippen LogP contribution >= 0.6 is 0 Å². The maximum absolute atomic E-state index is 12.1. The van der Waals surface area contributed by atoms with E-state index in [1.54, 1.807) is 6.92 Å². The summed E-state index contributed by atoms with van der Waals surface area (Å²) in [6.45, 7) is 5.66. The van der Waals surface area contributed by atoms with Gasteiger partial charge in [0.15, 0.2) is 5.03 Å². The highest BCUT2D eigenvalue weighted by Crippen LogP contribution is 2.21. The van der Waals surface area contributed by atoms with Gasteiger partial charge in [-0.2, -0.15) is 0 Å². The van der Waals surface area contributed by atoms with Crippen LogP contribution < -0.4 is 9.46 Å². The third-order valence-electron chi connectivity index (χ3n) is 2.82. The second-order valence-electron chi connectivity index (χ2n) is 5.00. The van der Waals surface area contributed by atoms with Crippen LogP contribution in [0.2, 0.25) is 0 Å². The molecule has 1 aromatic carbocycles. The number of ether oxygens (including phenoxy) is 1. The molecule has 0 saturated carbocycles. The van der Waals surface area contributed by atoms with E-state index in [0.717, 1.165) is 11.3 Å². The molecular formula is C14H19N3O3S. The number of hydrogen-bond donors (Lipinski definition) is 2. The number of aromatic amines is 1. The summed E-state index contributed by atoms with van der Waals surface area (Å²) in [6, 6.07) is 7.00. The lowest BCUT2D eigenvalue weighted by molar-refractivity contribution is 0.242. The molecule has 2 aromatic rings. The van der Waals surface area contributed by atoms with Gasteiger partial charge in [0.25, 0.3) is 10.0 Å². The fourth-order valence-corrected chi connectivity index (χ4v) is 3.02. The molecule has 0 spiro atoms. The Hall–Kier alpha value is -1.86. The second kappa shape index (κ2) is 6.28. The van der Waals surface area contributed by atoms with E-state index in [1.165, 1.54) is 12.5 Å². The van der Waals surface area contributed by atoms with Crippen LogP contribution in [0.5, 0.6) is 5.75 Å². The summed E-state index contributed by atoms with van der Waals surface area (Å²) in [6.07, 6.45) is 2.67. The minimum absolute atomic E-state index is 0.0453. The summed E-state index contributed by atoms with van der Waals surface area (Å²) < 4.78 is 32.5. The lowest BCUT2D eigenvalue weighted by atomic mass is 10.1. The van der Waals surface area contributed by atoms with Crippen molar-refractivity contribution in [3.8, 4) is 5.75 Å². The molecule has 114 valence electrons. The van der Waals surface area contributed by atoms with Gasteiger partial charge >= 0.3 is 0 Å². The van der Waals surface area contributed by atoms with Gasteiger partial charge in [0.1, 0.15) is 5.75 Å². The highest BCUT2D eigenvalue weighted by Gasteiger charge is 2.19. The van der Waals surface area contributed by atoms with Crippen molar-refractivity contribution in [3.05, 3.63) is 42.4 Å². The number of nitrogens with zero attached hydrogens (tertiary/aromatic N) is 1. The standard InChI is InChI=1S/C14H19N3O3S/c1-10(2)20-13-6-4-5-12(7-13)11(3)17-21(18,19)14-8-15-9-16-14/h4-11,17H,1-3H3,(H,15,16). The van der Waals surface area contributed by atoms with Crippen molar-refractivity contribution in [2.24, 2.45) is 0 Å². The largest absolute Gasteiger partial charge is 0.491 e. The molecule has 0 saturated heterocycles. The Morgan fingerprint density at radius 3 is 2.67 bits per heavy atom. The first-order valence-electron chi connectivity index (χ1n) is 6.66. The molecule has 0 bridgehead atoms. The Labute approximate surface area is 124 Å². The summed E-state index contributed by atoms with van der Waals surface area (Å²) >= 11 is 0. The summed E-state index contributed by atoms with van der Waals surface area (Å²) in [4.78, 5) is 6.31. The van der Waals surface area contributed by atoms with Gasteiger partial charge in [-0.15, -0.1) is 0 Å². The van der Waals surface area contributed by atoms with Crippen molar-refractivity contribution in [1.82, 2.24) is 14.7 Å². The zero-order chi connectivity index (χ0) is 15.5. The maximum Gasteiger partial charge on any atom is 0.258 e. The fourth-order valence-electron chi connectivity index (χ4n) is 1.88. The summed E-state index contributed by atoms with van der Waals surface area (Å²) in [5, 5.41) is 0.0453. The van der Waals surface area contributed by atoms with Crippen LogP contribution in [-0.2, 0) is 10.0 Å². The average molecular weight is 309 g/mol. The number of imidazole rings is 1. The topological polar surface area (TPSA) is 84.1 Å². The van der Waals surface area contributed by atoms with Crippen molar-refractivity contribution in [3.63, 3.8) is 0 Å². The first-order valence-corrected chi connectivity index (χ1v) is 8.14. The lowest BCUT2D eigenvalue weighted by Gasteiger charge is -2.16. The SMILES string of the molecule is CC(C)Oc1cccc(C(C)NS(=O)(=O)c2cnc[nH]2)c1. The molecule has 2 N–H and O–H groups in total. The van der Waals surface area contributed by atoms with Gasteiger partial charge in [-0.05, 0) is 38.5 Å². The molecule has 0 amide bonds. The minimum atomic E-state index is -3.61. The molecular weight excluding hydrogens is 290 g/mol. The van der Waals surface area contributed by atoms with Gasteiger partial charge < -0.3 is 9.72 Å². The highest BCUT2D eigenvalue weighted by atomic mass is 32.2. The highest BCUT2D eigenvalue weighted by molar-refractivity contribution is 7.89. The van der Waals surface area contributed by atoms with Crippen LogP contribution in [0.25, 0.3) is 0 Å². The van der Waals surface area contributed by atoms with E-state index in [1.807, 2.05) is 38.1 Å². The van der Waals surface area contributed by atoms with Gasteiger partial charge in [-0.25, -0.2) is 18.1 Å². The van der Waals surface area contributed by atoms with E-state index in [2.05, 4.69) is 14.7 Å². The van der Waals surface area contributed by atoms with E-state index in [9.17, 15) is 8.42 Å². The Bertz CT molecular complexity index is 681. The number of rotatable bonds is 6. The van der Waals surface area contributed by atoms with Crippen molar-refractivity contribution in [2.45, 2.75) is 37.9 Å². The predicted octanol–water partition coefficient (Wildman–Crippen LogP) is 2.24. The molecule has 1 unspecified atom stereocenters. The van der Waals surface area contributed by atoms with E-state index in [4.69, 9.17) is 4.74 Å². The summed E-state index contributed by atoms with van der Waals surface area (Å²) in [5.41, 5.74) is 0.830. The molecule has 0 aliphatic heterocycles. The quantitative estimate of drug-likeness (QED) is 0.857. The van der Waals surface area contributed by atoms with Crippen LogP contribution in [0.3, 0.4) is 0 Å².